The second-order valence-corrected chi connectivity index (χ2v) is 5.56. The summed E-state index contributed by atoms with van der Waals surface area (Å²) in [5.41, 5.74) is 7.79. The van der Waals surface area contributed by atoms with Crippen LogP contribution >= 0.6 is 0 Å². The molecule has 0 bridgehead atoms. The molecule has 0 saturated heterocycles. The number of hydrogen-bond donors (Lipinski definition) is 3. The van der Waals surface area contributed by atoms with Crippen LogP contribution < -0.4 is 16.0 Å². The van der Waals surface area contributed by atoms with E-state index >= 15 is 0 Å². The van der Waals surface area contributed by atoms with Crippen LogP contribution in [0.3, 0.4) is 0 Å². The Morgan fingerprint density at radius 2 is 1.92 bits per heavy atom. The second kappa shape index (κ2) is 5.95. The van der Waals surface area contributed by atoms with Crippen molar-refractivity contribution in [1.29, 1.82) is 0 Å². The molecular formula is C18H16N4O3. The summed E-state index contributed by atoms with van der Waals surface area (Å²) in [4.78, 5) is 15.3. The number of pyridine rings is 1. The van der Waals surface area contributed by atoms with E-state index < -0.39 is 0 Å². The summed E-state index contributed by atoms with van der Waals surface area (Å²) in [6, 6.07) is 14.6. The van der Waals surface area contributed by atoms with E-state index in [4.69, 9.17) is 15.6 Å². The predicted molar refractivity (Wildman–Crippen MR) is 96.2 cm³/mol. The molecule has 0 atom stereocenters. The molecule has 0 amide bonds. The molecule has 0 aliphatic rings. The number of fused-ring (bicyclic) bond motifs is 3. The summed E-state index contributed by atoms with van der Waals surface area (Å²) in [6.45, 7) is 0.0520. The third-order valence-corrected chi connectivity index (χ3v) is 4.02. The van der Waals surface area contributed by atoms with Crippen molar-refractivity contribution in [2.24, 2.45) is 0 Å². The molecule has 0 spiro atoms. The number of nitrogens with zero attached hydrogens (tertiary/aromatic N) is 2. The Labute approximate surface area is 142 Å². The van der Waals surface area contributed by atoms with Gasteiger partial charge < -0.3 is 20.6 Å². The van der Waals surface area contributed by atoms with Crippen molar-refractivity contribution in [2.45, 2.75) is 0 Å². The Bertz CT molecular complexity index is 1130. The number of H-pyrrole nitrogens is 1. The number of para-hydroxylation sites is 3. The van der Waals surface area contributed by atoms with Gasteiger partial charge in [0.05, 0.1) is 12.1 Å². The molecule has 4 rings (SSSR count). The lowest BCUT2D eigenvalue weighted by atomic mass is 10.1. The van der Waals surface area contributed by atoms with Crippen LogP contribution in [0.25, 0.3) is 27.5 Å². The van der Waals surface area contributed by atoms with Gasteiger partial charge in [-0.1, -0.05) is 30.3 Å². The maximum absolute atomic E-state index is 12.5. The number of aromatic amines is 1. The van der Waals surface area contributed by atoms with Crippen LogP contribution in [-0.2, 0) is 0 Å². The first kappa shape index (κ1) is 15.2. The molecule has 0 fully saturated rings. The highest BCUT2D eigenvalue weighted by Crippen LogP contribution is 2.30. The zero-order chi connectivity index (χ0) is 17.4. The minimum atomic E-state index is -0.286. The molecule has 0 aliphatic carbocycles. The molecule has 2 aromatic carbocycles. The largest absolute Gasteiger partial charge is 0.489 e. The van der Waals surface area contributed by atoms with E-state index in [9.17, 15) is 4.79 Å². The third-order valence-electron chi connectivity index (χ3n) is 4.02. The van der Waals surface area contributed by atoms with Crippen LogP contribution in [-0.4, -0.2) is 33.1 Å². The van der Waals surface area contributed by atoms with Crippen molar-refractivity contribution in [3.63, 3.8) is 0 Å². The average Bonchev–Trinajstić information content (AvgIpc) is 2.98. The predicted octanol–water partition coefficient (Wildman–Crippen LogP) is 1.82. The monoisotopic (exact) mass is 336 g/mol. The number of benzene rings is 2. The molecule has 0 aliphatic heterocycles. The molecule has 2 heterocycles. The molecule has 0 radical (unpaired) electrons. The first-order valence-corrected chi connectivity index (χ1v) is 7.83. The van der Waals surface area contributed by atoms with E-state index in [1.807, 2.05) is 36.4 Å². The van der Waals surface area contributed by atoms with Crippen molar-refractivity contribution in [3.8, 4) is 11.4 Å². The first-order valence-electron chi connectivity index (χ1n) is 7.83. The van der Waals surface area contributed by atoms with E-state index in [0.29, 0.717) is 27.9 Å². The van der Waals surface area contributed by atoms with E-state index in [0.717, 1.165) is 5.39 Å². The maximum atomic E-state index is 12.5. The van der Waals surface area contributed by atoms with Crippen LogP contribution in [0.2, 0.25) is 0 Å². The van der Waals surface area contributed by atoms with Gasteiger partial charge in [0.25, 0.3) is 5.56 Å². The van der Waals surface area contributed by atoms with Gasteiger partial charge in [0.15, 0.2) is 0 Å². The zero-order valence-corrected chi connectivity index (χ0v) is 13.3. The SMILES string of the molecule is Nc1c2c(=O)[nH]c3ccccc3c2nn1-c1ccccc1OCCO. The van der Waals surface area contributed by atoms with Crippen LogP contribution in [0.15, 0.2) is 53.3 Å². The summed E-state index contributed by atoms with van der Waals surface area (Å²) in [6.07, 6.45) is 0. The van der Waals surface area contributed by atoms with Crippen LogP contribution in [0.1, 0.15) is 0 Å². The number of nitrogens with one attached hydrogen (secondary N) is 1. The Hall–Kier alpha value is -3.32. The highest BCUT2D eigenvalue weighted by atomic mass is 16.5. The fourth-order valence-electron chi connectivity index (χ4n) is 2.92. The highest BCUT2D eigenvalue weighted by molar-refractivity contribution is 6.06. The Balaban J connectivity index is 2.02. The number of aliphatic hydroxyl groups excluding tert-OH is 1. The topological polar surface area (TPSA) is 106 Å². The minimum absolute atomic E-state index is 0.102. The third kappa shape index (κ3) is 2.41. The summed E-state index contributed by atoms with van der Waals surface area (Å²) in [5.74, 6) is 0.763. The van der Waals surface area contributed by atoms with E-state index in [-0.39, 0.29) is 24.6 Å². The molecule has 126 valence electrons. The summed E-state index contributed by atoms with van der Waals surface area (Å²) < 4.78 is 7.06. The van der Waals surface area contributed by atoms with Gasteiger partial charge in [-0.15, -0.1) is 0 Å². The number of hydrogen-bond acceptors (Lipinski definition) is 5. The molecule has 7 nitrogen and oxygen atoms in total. The van der Waals surface area contributed by atoms with Gasteiger partial charge >= 0.3 is 0 Å². The van der Waals surface area contributed by atoms with Gasteiger partial charge in [0.2, 0.25) is 0 Å². The molecule has 7 heteroatoms. The first-order chi connectivity index (χ1) is 12.2. The van der Waals surface area contributed by atoms with E-state index in [2.05, 4.69) is 10.1 Å². The average molecular weight is 336 g/mol. The number of nitrogens with two attached hydrogens (primary N) is 1. The maximum Gasteiger partial charge on any atom is 0.261 e. The molecule has 0 saturated carbocycles. The number of nitrogen functional groups attached to an aromatic ring is 1. The lowest BCUT2D eigenvalue weighted by Crippen LogP contribution is -2.09. The molecule has 2 aromatic heterocycles. The Morgan fingerprint density at radius 1 is 1.16 bits per heavy atom. The van der Waals surface area contributed by atoms with Gasteiger partial charge in [0.1, 0.15) is 34.8 Å². The molecule has 25 heavy (non-hydrogen) atoms. The summed E-state index contributed by atoms with van der Waals surface area (Å²) >= 11 is 0. The molecule has 4 aromatic rings. The van der Waals surface area contributed by atoms with Gasteiger partial charge in [-0.25, -0.2) is 4.68 Å². The van der Waals surface area contributed by atoms with Gasteiger partial charge in [0, 0.05) is 5.39 Å². The van der Waals surface area contributed by atoms with E-state index in [1.54, 1.807) is 12.1 Å². The minimum Gasteiger partial charge on any atom is -0.489 e. The number of ether oxygens (including phenoxy) is 1. The lowest BCUT2D eigenvalue weighted by Gasteiger charge is -2.11. The Kier molecular flexibility index (Phi) is 3.62. The van der Waals surface area contributed by atoms with Crippen molar-refractivity contribution in [1.82, 2.24) is 14.8 Å². The van der Waals surface area contributed by atoms with Crippen molar-refractivity contribution < 1.29 is 9.84 Å². The standard InChI is InChI=1S/C18H16N4O3/c19-17-15-16(11-5-1-2-6-12(11)20-18(15)24)21-22(17)13-7-3-4-8-14(13)25-10-9-23/h1-8,23H,9-10,19H2,(H,20,24). The summed E-state index contributed by atoms with van der Waals surface area (Å²) in [5, 5.41) is 14.7. The van der Waals surface area contributed by atoms with Gasteiger partial charge in [-0.3, -0.25) is 4.79 Å². The smallest absolute Gasteiger partial charge is 0.261 e. The highest BCUT2D eigenvalue weighted by Gasteiger charge is 2.18. The van der Waals surface area contributed by atoms with Crippen LogP contribution in [0.5, 0.6) is 5.75 Å². The number of aromatic nitrogens is 3. The van der Waals surface area contributed by atoms with Crippen molar-refractivity contribution in [3.05, 3.63) is 58.9 Å². The Morgan fingerprint density at radius 3 is 2.76 bits per heavy atom. The lowest BCUT2D eigenvalue weighted by molar-refractivity contribution is 0.201. The molecular weight excluding hydrogens is 320 g/mol. The van der Waals surface area contributed by atoms with Crippen molar-refractivity contribution in [2.75, 3.05) is 18.9 Å². The number of aliphatic hydroxyl groups is 1. The molecule has 0 unspecified atom stereocenters. The van der Waals surface area contributed by atoms with E-state index in [1.165, 1.54) is 4.68 Å². The summed E-state index contributed by atoms with van der Waals surface area (Å²) in [7, 11) is 0. The second-order valence-electron chi connectivity index (χ2n) is 5.56. The quantitative estimate of drug-likeness (QED) is 0.527. The van der Waals surface area contributed by atoms with Crippen molar-refractivity contribution >= 4 is 27.6 Å². The van der Waals surface area contributed by atoms with Crippen LogP contribution in [0, 0.1) is 0 Å². The fraction of sp³-hybridized carbons (Fsp3) is 0.111. The fourth-order valence-corrected chi connectivity index (χ4v) is 2.92. The van der Waals surface area contributed by atoms with Crippen LogP contribution in [0.4, 0.5) is 5.82 Å². The normalized spacial score (nSPS) is 11.2. The number of rotatable bonds is 4. The van der Waals surface area contributed by atoms with Gasteiger partial charge in [-0.2, -0.15) is 5.10 Å². The number of anilines is 1. The molecule has 4 N–H and O–H groups in total. The zero-order valence-electron chi connectivity index (χ0n) is 13.3. The van der Waals surface area contributed by atoms with Gasteiger partial charge in [-0.05, 0) is 18.2 Å².